The Morgan fingerprint density at radius 1 is 1.40 bits per heavy atom. The van der Waals surface area contributed by atoms with E-state index < -0.39 is 6.09 Å². The van der Waals surface area contributed by atoms with Crippen LogP contribution in [0.3, 0.4) is 0 Å². The van der Waals surface area contributed by atoms with Crippen LogP contribution in [0.2, 0.25) is 0 Å². The van der Waals surface area contributed by atoms with Crippen LogP contribution < -0.4 is 5.32 Å². The molecule has 1 N–H and O–H groups in total. The van der Waals surface area contributed by atoms with Gasteiger partial charge in [0, 0.05) is 0 Å². The van der Waals surface area contributed by atoms with Gasteiger partial charge in [0.05, 0.1) is 12.3 Å². The largest absolute Gasteiger partial charge is 0.449 e. The van der Waals surface area contributed by atoms with Crippen molar-refractivity contribution < 1.29 is 14.6 Å². The van der Waals surface area contributed by atoms with Gasteiger partial charge in [-0.15, -0.1) is 0 Å². The molecule has 0 aliphatic heterocycles. The Morgan fingerprint density at radius 3 is 2.80 bits per heavy atom. The molecule has 4 heteroatoms. The monoisotopic (exact) mass is 208 g/mol. The first-order chi connectivity index (χ1) is 7.24. The molecule has 0 atom stereocenters. The predicted molar refractivity (Wildman–Crippen MR) is 56.5 cm³/mol. The quantitative estimate of drug-likeness (QED) is 0.772. The maximum absolute atomic E-state index is 11.2. The second-order valence-corrected chi connectivity index (χ2v) is 3.11. The van der Waals surface area contributed by atoms with E-state index in [0.29, 0.717) is 6.61 Å². The molecule has 1 rings (SSSR count). The fourth-order valence-corrected chi connectivity index (χ4v) is 1.03. The maximum Gasteiger partial charge on any atom is 0.411 e. The third-order valence-electron chi connectivity index (χ3n) is 1.85. The van der Waals surface area contributed by atoms with Crippen molar-refractivity contribution >= 4 is 11.8 Å². The molecule has 0 aliphatic carbocycles. The van der Waals surface area contributed by atoms with Crippen LogP contribution in [0.15, 0.2) is 24.3 Å². The summed E-state index contributed by atoms with van der Waals surface area (Å²) >= 11 is 0. The Bertz CT molecular complexity index is 325. The highest BCUT2D eigenvalue weighted by Crippen LogP contribution is 2.22. The first-order valence-electron chi connectivity index (χ1n) is 4.94. The zero-order valence-electron chi connectivity index (χ0n) is 8.66. The molecule has 81 valence electrons. The van der Waals surface area contributed by atoms with E-state index in [1.165, 1.54) is 6.07 Å². The van der Waals surface area contributed by atoms with Crippen LogP contribution in [0.25, 0.3) is 0 Å². The first kappa shape index (κ1) is 11.4. The summed E-state index contributed by atoms with van der Waals surface area (Å²) in [6.07, 6.45) is 1.21. The van der Waals surface area contributed by atoms with E-state index in [1.807, 2.05) is 6.92 Å². The van der Waals surface area contributed by atoms with Gasteiger partial charge in [-0.05, 0) is 18.6 Å². The number of benzene rings is 1. The lowest BCUT2D eigenvalue weighted by molar-refractivity contribution is 0.159. The van der Waals surface area contributed by atoms with Crippen molar-refractivity contribution in [2.75, 3.05) is 11.9 Å². The van der Waals surface area contributed by atoms with Gasteiger partial charge >= 0.3 is 6.09 Å². The van der Waals surface area contributed by atoms with Gasteiger partial charge < -0.3 is 4.74 Å². The van der Waals surface area contributed by atoms with Crippen molar-refractivity contribution in [1.82, 2.24) is 0 Å². The van der Waals surface area contributed by atoms with Gasteiger partial charge in [0.25, 0.3) is 0 Å². The highest BCUT2D eigenvalue weighted by molar-refractivity contribution is 5.86. The number of nitrogens with one attached hydrogen (secondary N) is 1. The van der Waals surface area contributed by atoms with E-state index in [0.717, 1.165) is 12.8 Å². The van der Waals surface area contributed by atoms with Gasteiger partial charge in [0.15, 0.2) is 0 Å². The molecule has 1 radical (unpaired) electrons. The fourth-order valence-electron chi connectivity index (χ4n) is 1.03. The first-order valence-corrected chi connectivity index (χ1v) is 4.94. The van der Waals surface area contributed by atoms with Gasteiger partial charge in [-0.25, -0.2) is 4.79 Å². The van der Waals surface area contributed by atoms with E-state index in [1.54, 1.807) is 18.2 Å². The summed E-state index contributed by atoms with van der Waals surface area (Å²) in [7, 11) is 0. The third-order valence-corrected chi connectivity index (χ3v) is 1.85. The molecule has 4 nitrogen and oxygen atoms in total. The minimum absolute atomic E-state index is 0.218. The topological polar surface area (TPSA) is 58.2 Å². The molecule has 0 bridgehead atoms. The standard InChI is InChI=1S/C11H14NO3/c1-2-3-8-15-11(14)12-9-6-4-5-7-10(9)13/h4-7H,2-3,8H2,1H3,(H,12,14). The Kier molecular flexibility index (Phi) is 4.47. The molecule has 0 saturated carbocycles. The Hall–Kier alpha value is -1.71. The number of ether oxygens (including phenoxy) is 1. The average Bonchev–Trinajstić information content (AvgIpc) is 2.22. The smallest absolute Gasteiger partial charge is 0.411 e. The van der Waals surface area contributed by atoms with Crippen molar-refractivity contribution in [2.24, 2.45) is 0 Å². The molecule has 1 aromatic carbocycles. The van der Waals surface area contributed by atoms with Crippen LogP contribution in [0.1, 0.15) is 19.8 Å². The number of hydrogen-bond acceptors (Lipinski definition) is 2. The Balaban J connectivity index is 2.41. The minimum Gasteiger partial charge on any atom is -0.449 e. The van der Waals surface area contributed by atoms with Gasteiger partial charge in [-0.3, -0.25) is 10.4 Å². The number of carbonyl (C=O) groups is 1. The average molecular weight is 208 g/mol. The molecule has 0 heterocycles. The second-order valence-electron chi connectivity index (χ2n) is 3.11. The summed E-state index contributed by atoms with van der Waals surface area (Å²) in [4.78, 5) is 11.2. The molecule has 1 amide bonds. The minimum atomic E-state index is -0.577. The zero-order valence-corrected chi connectivity index (χ0v) is 8.66. The van der Waals surface area contributed by atoms with Gasteiger partial charge in [-0.1, -0.05) is 25.5 Å². The molecule has 0 aliphatic rings. The van der Waals surface area contributed by atoms with Crippen molar-refractivity contribution in [1.29, 1.82) is 0 Å². The summed E-state index contributed by atoms with van der Waals surface area (Å²) in [5.41, 5.74) is 0.249. The molecule has 0 fully saturated rings. The zero-order chi connectivity index (χ0) is 11.1. The highest BCUT2D eigenvalue weighted by atomic mass is 16.5. The van der Waals surface area contributed by atoms with Crippen molar-refractivity contribution in [3.8, 4) is 5.75 Å². The van der Waals surface area contributed by atoms with Crippen molar-refractivity contribution in [3.05, 3.63) is 24.3 Å². The molecular formula is C11H14NO3. The summed E-state index contributed by atoms with van der Waals surface area (Å²) in [5, 5.41) is 13.6. The van der Waals surface area contributed by atoms with Crippen LogP contribution in [0.5, 0.6) is 5.75 Å². The van der Waals surface area contributed by atoms with Crippen molar-refractivity contribution in [3.63, 3.8) is 0 Å². The fraction of sp³-hybridized carbons (Fsp3) is 0.364. The summed E-state index contributed by atoms with van der Waals surface area (Å²) in [6.45, 7) is 2.39. The summed E-state index contributed by atoms with van der Waals surface area (Å²) in [6, 6.07) is 6.24. The molecule has 0 aromatic heterocycles. The number of para-hydroxylation sites is 2. The normalized spacial score (nSPS) is 9.67. The Morgan fingerprint density at radius 2 is 2.13 bits per heavy atom. The Labute approximate surface area is 88.9 Å². The predicted octanol–water partition coefficient (Wildman–Crippen LogP) is 3.18. The number of anilines is 1. The molecular weight excluding hydrogens is 194 g/mol. The van der Waals surface area contributed by atoms with Crippen LogP contribution in [0.4, 0.5) is 10.5 Å². The van der Waals surface area contributed by atoms with E-state index in [4.69, 9.17) is 4.74 Å². The molecule has 0 saturated heterocycles. The van der Waals surface area contributed by atoms with E-state index in [2.05, 4.69) is 5.32 Å². The lowest BCUT2D eigenvalue weighted by Gasteiger charge is -2.06. The summed E-state index contributed by atoms with van der Waals surface area (Å²) < 4.78 is 4.85. The third kappa shape index (κ3) is 3.89. The molecule has 15 heavy (non-hydrogen) atoms. The van der Waals surface area contributed by atoms with E-state index in [9.17, 15) is 9.90 Å². The van der Waals surface area contributed by atoms with Crippen LogP contribution >= 0.6 is 0 Å². The molecule has 1 aromatic rings. The molecule has 0 unspecified atom stereocenters. The maximum atomic E-state index is 11.2. The summed E-state index contributed by atoms with van der Waals surface area (Å²) in [5.74, 6) is -0.218. The number of hydrogen-bond donors (Lipinski definition) is 1. The van der Waals surface area contributed by atoms with E-state index >= 15 is 0 Å². The SMILES string of the molecule is CCCCOC(=O)Nc1ccccc1[O]. The lowest BCUT2D eigenvalue weighted by Crippen LogP contribution is -2.14. The van der Waals surface area contributed by atoms with Crippen LogP contribution in [0, 0.1) is 0 Å². The number of rotatable bonds is 4. The van der Waals surface area contributed by atoms with Crippen LogP contribution in [-0.4, -0.2) is 12.7 Å². The van der Waals surface area contributed by atoms with Gasteiger partial charge in [-0.2, -0.15) is 0 Å². The van der Waals surface area contributed by atoms with E-state index in [-0.39, 0.29) is 11.4 Å². The highest BCUT2D eigenvalue weighted by Gasteiger charge is 2.06. The number of unbranched alkanes of at least 4 members (excludes halogenated alkanes) is 1. The van der Waals surface area contributed by atoms with Gasteiger partial charge in [0.1, 0.15) is 0 Å². The number of amides is 1. The second kappa shape index (κ2) is 5.90. The number of carbonyl (C=O) groups excluding carboxylic acids is 1. The van der Waals surface area contributed by atoms with Gasteiger partial charge in [0.2, 0.25) is 5.75 Å². The molecule has 0 spiro atoms. The van der Waals surface area contributed by atoms with Crippen molar-refractivity contribution in [2.45, 2.75) is 19.8 Å². The van der Waals surface area contributed by atoms with Crippen LogP contribution in [-0.2, 0) is 9.84 Å². The lowest BCUT2D eigenvalue weighted by atomic mass is 10.3.